The Morgan fingerprint density at radius 2 is 0.603 bits per heavy atom. The lowest BCUT2D eigenvalue weighted by Crippen LogP contribution is -2.30. The first-order valence-electron chi connectivity index (χ1n) is 25.6. The molecule has 0 radical (unpaired) electrons. The summed E-state index contributed by atoms with van der Waals surface area (Å²) in [6.07, 6.45) is 42.6. The molecule has 0 N–H and O–H groups in total. The highest BCUT2D eigenvalue weighted by Gasteiger charge is 2.19. The Kier molecular flexibility index (Phi) is 42.3. The molecule has 2 atom stereocenters. The Bertz CT molecular complexity index is 900. The van der Waals surface area contributed by atoms with E-state index < -0.39 is 6.10 Å². The van der Waals surface area contributed by atoms with Crippen LogP contribution < -0.4 is 0 Å². The Morgan fingerprint density at radius 1 is 0.345 bits per heavy atom. The molecule has 0 aliphatic carbocycles. The molecule has 0 aromatic heterocycles. The molecule has 0 aromatic carbocycles. The van der Waals surface area contributed by atoms with Crippen LogP contribution >= 0.6 is 0 Å². The maximum atomic E-state index is 12.8. The minimum absolute atomic E-state index is 0.0668. The van der Waals surface area contributed by atoms with Gasteiger partial charge >= 0.3 is 17.9 Å². The highest BCUT2D eigenvalue weighted by atomic mass is 16.6. The molecule has 0 aliphatic rings. The Balaban J connectivity index is 4.19. The number of carbonyl (C=O) groups is 3. The number of esters is 3. The van der Waals surface area contributed by atoms with Crippen LogP contribution in [0.1, 0.15) is 279 Å². The Labute approximate surface area is 361 Å². The molecule has 344 valence electrons. The Morgan fingerprint density at radius 3 is 0.897 bits per heavy atom. The summed E-state index contributed by atoms with van der Waals surface area (Å²) in [5.41, 5.74) is 0. The summed E-state index contributed by atoms with van der Waals surface area (Å²) >= 11 is 0. The van der Waals surface area contributed by atoms with Crippen molar-refractivity contribution in [3.05, 3.63) is 0 Å². The van der Waals surface area contributed by atoms with Gasteiger partial charge in [0.15, 0.2) is 6.10 Å². The van der Waals surface area contributed by atoms with Gasteiger partial charge in [-0.05, 0) is 37.0 Å². The predicted molar refractivity (Wildman–Crippen MR) is 247 cm³/mol. The number of carbonyl (C=O) groups excluding carboxylic acids is 3. The van der Waals surface area contributed by atoms with Gasteiger partial charge in [0.05, 0.1) is 0 Å². The van der Waals surface area contributed by atoms with E-state index in [4.69, 9.17) is 14.2 Å². The average Bonchev–Trinajstić information content (AvgIpc) is 3.19. The molecular weight excluding hydrogens is 721 g/mol. The van der Waals surface area contributed by atoms with Gasteiger partial charge in [-0.25, -0.2) is 0 Å². The smallest absolute Gasteiger partial charge is 0.306 e. The number of hydrogen-bond donors (Lipinski definition) is 0. The van der Waals surface area contributed by atoms with Crippen molar-refractivity contribution >= 4 is 17.9 Å². The normalized spacial score (nSPS) is 12.6. The molecule has 1 unspecified atom stereocenters. The minimum atomic E-state index is -0.763. The molecule has 0 spiro atoms. The molecule has 6 nitrogen and oxygen atoms in total. The molecule has 58 heavy (non-hydrogen) atoms. The van der Waals surface area contributed by atoms with Gasteiger partial charge in [-0.2, -0.15) is 0 Å². The summed E-state index contributed by atoms with van der Waals surface area (Å²) in [5, 5.41) is 0. The maximum Gasteiger partial charge on any atom is 0.306 e. The van der Waals surface area contributed by atoms with Crippen LogP contribution in [-0.4, -0.2) is 37.2 Å². The van der Waals surface area contributed by atoms with Gasteiger partial charge in [0, 0.05) is 19.3 Å². The fourth-order valence-corrected chi connectivity index (χ4v) is 7.73. The van der Waals surface area contributed by atoms with Crippen LogP contribution in [0, 0.1) is 17.8 Å². The van der Waals surface area contributed by atoms with E-state index >= 15 is 0 Å². The van der Waals surface area contributed by atoms with Gasteiger partial charge in [0.2, 0.25) is 0 Å². The molecule has 0 rings (SSSR count). The van der Waals surface area contributed by atoms with Gasteiger partial charge in [0.1, 0.15) is 13.2 Å². The summed E-state index contributed by atoms with van der Waals surface area (Å²) in [5.74, 6) is 1.57. The zero-order valence-electron chi connectivity index (χ0n) is 39.8. The van der Waals surface area contributed by atoms with E-state index in [2.05, 4.69) is 41.5 Å². The van der Waals surface area contributed by atoms with Crippen molar-refractivity contribution in [2.24, 2.45) is 17.8 Å². The van der Waals surface area contributed by atoms with Gasteiger partial charge < -0.3 is 14.2 Å². The van der Waals surface area contributed by atoms with Crippen LogP contribution in [0.25, 0.3) is 0 Å². The molecule has 6 heteroatoms. The minimum Gasteiger partial charge on any atom is -0.462 e. The zero-order chi connectivity index (χ0) is 42.7. The van der Waals surface area contributed by atoms with Crippen molar-refractivity contribution in [2.75, 3.05) is 13.2 Å². The van der Waals surface area contributed by atoms with Crippen LogP contribution in [-0.2, 0) is 28.6 Å². The van der Waals surface area contributed by atoms with Crippen molar-refractivity contribution < 1.29 is 28.6 Å². The van der Waals surface area contributed by atoms with Crippen molar-refractivity contribution in [2.45, 2.75) is 285 Å². The monoisotopic (exact) mass is 821 g/mol. The van der Waals surface area contributed by atoms with Gasteiger partial charge in [0.25, 0.3) is 0 Å². The second kappa shape index (κ2) is 43.5. The van der Waals surface area contributed by atoms with E-state index in [1.165, 1.54) is 161 Å². The number of unbranched alkanes of at least 4 members (excludes halogenated alkanes) is 27. The third-order valence-electron chi connectivity index (χ3n) is 12.0. The zero-order valence-corrected chi connectivity index (χ0v) is 39.8. The molecule has 0 amide bonds. The van der Waals surface area contributed by atoms with Gasteiger partial charge in [-0.1, -0.05) is 241 Å². The van der Waals surface area contributed by atoms with Crippen LogP contribution in [0.3, 0.4) is 0 Å². The first-order chi connectivity index (χ1) is 28.1. The largest absolute Gasteiger partial charge is 0.462 e. The highest BCUT2D eigenvalue weighted by molar-refractivity contribution is 5.71. The average molecular weight is 821 g/mol. The summed E-state index contributed by atoms with van der Waals surface area (Å²) < 4.78 is 16.7. The van der Waals surface area contributed by atoms with E-state index in [9.17, 15) is 14.4 Å². The molecular formula is C52H100O6. The van der Waals surface area contributed by atoms with Crippen molar-refractivity contribution in [3.63, 3.8) is 0 Å². The predicted octanol–water partition coefficient (Wildman–Crippen LogP) is 16.4. The summed E-state index contributed by atoms with van der Waals surface area (Å²) in [6, 6.07) is 0. The van der Waals surface area contributed by atoms with Crippen LogP contribution in [0.2, 0.25) is 0 Å². The fourth-order valence-electron chi connectivity index (χ4n) is 7.73. The third-order valence-corrected chi connectivity index (χ3v) is 12.0. The Hall–Kier alpha value is -1.59. The highest BCUT2D eigenvalue weighted by Crippen LogP contribution is 2.18. The number of ether oxygens (including phenoxy) is 3. The maximum absolute atomic E-state index is 12.8. The first kappa shape index (κ1) is 56.4. The summed E-state index contributed by atoms with van der Waals surface area (Å²) in [6.45, 7) is 13.6. The van der Waals surface area contributed by atoms with Crippen LogP contribution in [0.5, 0.6) is 0 Å². The molecule has 0 heterocycles. The van der Waals surface area contributed by atoms with Gasteiger partial charge in [-0.15, -0.1) is 0 Å². The van der Waals surface area contributed by atoms with Crippen molar-refractivity contribution in [1.29, 1.82) is 0 Å². The number of rotatable bonds is 45. The molecule has 0 saturated heterocycles. The van der Waals surface area contributed by atoms with Crippen LogP contribution in [0.4, 0.5) is 0 Å². The molecule has 0 bridgehead atoms. The van der Waals surface area contributed by atoms with Gasteiger partial charge in [-0.3, -0.25) is 14.4 Å². The van der Waals surface area contributed by atoms with E-state index in [0.29, 0.717) is 19.3 Å². The fraction of sp³-hybridized carbons (Fsp3) is 0.942. The second-order valence-electron chi connectivity index (χ2n) is 19.0. The summed E-state index contributed by atoms with van der Waals surface area (Å²) in [4.78, 5) is 37.8. The third kappa shape index (κ3) is 44.0. The standard InChI is InChI=1S/C52H100O6/c1-7-48(6)40-34-28-23-25-30-36-42-51(54)57-45-49(44-56-50(53)41-35-29-24-22-27-33-39-47(4)5)58-52(55)43-37-31-21-19-17-15-13-11-9-8-10-12-14-16-18-20-26-32-38-46(2)3/h46-49H,7-45H2,1-6H3/t48?,49-/m1/s1. The lowest BCUT2D eigenvalue weighted by atomic mass is 10.00. The van der Waals surface area contributed by atoms with Crippen molar-refractivity contribution in [1.82, 2.24) is 0 Å². The lowest BCUT2D eigenvalue weighted by Gasteiger charge is -2.18. The van der Waals surface area contributed by atoms with E-state index in [0.717, 1.165) is 75.5 Å². The molecule has 0 aliphatic heterocycles. The van der Waals surface area contributed by atoms with E-state index in [-0.39, 0.29) is 31.1 Å². The summed E-state index contributed by atoms with van der Waals surface area (Å²) in [7, 11) is 0. The first-order valence-corrected chi connectivity index (χ1v) is 25.6. The quantitative estimate of drug-likeness (QED) is 0.0346. The SMILES string of the molecule is CCC(C)CCCCCCCCC(=O)OC[C@@H](COC(=O)CCCCCCCCC(C)C)OC(=O)CCCCCCCCCCCCCCCCCCCCC(C)C. The number of hydrogen-bond acceptors (Lipinski definition) is 6. The molecule has 0 aromatic rings. The molecule has 0 saturated carbocycles. The van der Waals surface area contributed by atoms with Crippen molar-refractivity contribution in [3.8, 4) is 0 Å². The molecule has 0 fully saturated rings. The topological polar surface area (TPSA) is 78.9 Å². The second-order valence-corrected chi connectivity index (χ2v) is 19.0. The lowest BCUT2D eigenvalue weighted by molar-refractivity contribution is -0.167. The van der Waals surface area contributed by atoms with E-state index in [1.807, 2.05) is 0 Å². The van der Waals surface area contributed by atoms with Crippen LogP contribution in [0.15, 0.2) is 0 Å². The van der Waals surface area contributed by atoms with E-state index in [1.54, 1.807) is 0 Å².